The lowest BCUT2D eigenvalue weighted by atomic mass is 9.77. The molecule has 0 atom stereocenters. The maximum atomic E-state index is 13.5. The number of ether oxygens (including phenoxy) is 1. The van der Waals surface area contributed by atoms with E-state index in [9.17, 15) is 9.59 Å². The summed E-state index contributed by atoms with van der Waals surface area (Å²) in [5, 5.41) is 20.9. The zero-order valence-electron chi connectivity index (χ0n) is 21.1. The third kappa shape index (κ3) is 6.54. The minimum Gasteiger partial charge on any atom is -0.481 e. The molecule has 4 N–H and O–H groups in total. The first kappa shape index (κ1) is 26.5. The Balaban J connectivity index is 1.75. The number of hydrogen-bond donors (Lipinski definition) is 3. The SMILES string of the molecule is CCCCN(C)N(C)C1=C(C(=N)N)C(=O)N(c2ccc(C3CCC(CC(=O)O)CC3)cc2)CCO1. The summed E-state index contributed by atoms with van der Waals surface area (Å²) in [7, 11) is 3.74. The van der Waals surface area contributed by atoms with Gasteiger partial charge < -0.3 is 20.5 Å². The molecule has 35 heavy (non-hydrogen) atoms. The van der Waals surface area contributed by atoms with E-state index in [4.69, 9.17) is 21.0 Å². The molecule has 1 fully saturated rings. The summed E-state index contributed by atoms with van der Waals surface area (Å²) < 4.78 is 5.96. The quantitative estimate of drug-likeness (QED) is 0.263. The van der Waals surface area contributed by atoms with Crippen LogP contribution < -0.4 is 10.6 Å². The van der Waals surface area contributed by atoms with Crippen LogP contribution in [0.15, 0.2) is 35.7 Å². The van der Waals surface area contributed by atoms with Crippen LogP contribution in [-0.4, -0.2) is 66.6 Å². The molecule has 9 nitrogen and oxygen atoms in total. The second-order valence-electron chi connectivity index (χ2n) is 9.56. The number of aliphatic carboxylic acids is 1. The molecular formula is C26H39N5O4. The van der Waals surface area contributed by atoms with Crippen molar-refractivity contribution in [1.82, 2.24) is 10.0 Å². The Morgan fingerprint density at radius 2 is 1.86 bits per heavy atom. The van der Waals surface area contributed by atoms with Crippen LogP contribution in [0.2, 0.25) is 0 Å². The monoisotopic (exact) mass is 485 g/mol. The van der Waals surface area contributed by atoms with E-state index in [0.717, 1.165) is 50.8 Å². The standard InChI is InChI=1S/C26H39N5O4/c1-4-5-14-29(2)30(3)26-23(24(27)28)25(34)31(15-16-35-26)21-12-10-20(11-13-21)19-8-6-18(7-9-19)17-22(32)33/h10-13,18-19H,4-9,14-17H2,1-3H3,(H3,27,28)(H,32,33). The van der Waals surface area contributed by atoms with Crippen molar-refractivity contribution in [2.75, 3.05) is 38.7 Å². The molecule has 2 aliphatic rings. The minimum absolute atomic E-state index is 0.0641. The molecule has 1 amide bonds. The first-order chi connectivity index (χ1) is 16.7. The number of nitrogens with two attached hydrogens (primary N) is 1. The van der Waals surface area contributed by atoms with Gasteiger partial charge in [0.2, 0.25) is 5.88 Å². The molecule has 0 bridgehead atoms. The van der Waals surface area contributed by atoms with Crippen LogP contribution in [0, 0.1) is 11.3 Å². The number of amidine groups is 1. The van der Waals surface area contributed by atoms with Gasteiger partial charge in [0.05, 0.1) is 6.54 Å². The van der Waals surface area contributed by atoms with Gasteiger partial charge in [-0.1, -0.05) is 25.5 Å². The molecule has 1 aromatic carbocycles. The van der Waals surface area contributed by atoms with Crippen LogP contribution in [-0.2, 0) is 14.3 Å². The van der Waals surface area contributed by atoms with Gasteiger partial charge in [0, 0.05) is 32.7 Å². The van der Waals surface area contributed by atoms with Crippen molar-refractivity contribution in [2.24, 2.45) is 11.7 Å². The number of carboxylic acid groups (broad SMARTS) is 1. The molecular weight excluding hydrogens is 446 g/mol. The molecule has 1 aliphatic carbocycles. The zero-order chi connectivity index (χ0) is 25.5. The Morgan fingerprint density at radius 1 is 1.20 bits per heavy atom. The van der Waals surface area contributed by atoms with Gasteiger partial charge in [-0.15, -0.1) is 0 Å². The van der Waals surface area contributed by atoms with Crippen LogP contribution in [0.3, 0.4) is 0 Å². The number of carboxylic acids is 1. The van der Waals surface area contributed by atoms with E-state index in [1.54, 1.807) is 9.91 Å². The lowest BCUT2D eigenvalue weighted by Gasteiger charge is -2.32. The zero-order valence-corrected chi connectivity index (χ0v) is 21.1. The second kappa shape index (κ2) is 12.1. The predicted molar refractivity (Wildman–Crippen MR) is 136 cm³/mol. The predicted octanol–water partition coefficient (Wildman–Crippen LogP) is 3.52. The Morgan fingerprint density at radius 3 is 2.43 bits per heavy atom. The van der Waals surface area contributed by atoms with Gasteiger partial charge in [0.25, 0.3) is 5.91 Å². The van der Waals surface area contributed by atoms with E-state index in [0.29, 0.717) is 25.0 Å². The molecule has 9 heteroatoms. The molecule has 0 aromatic heterocycles. The number of carbonyl (C=O) groups is 2. The van der Waals surface area contributed by atoms with Crippen molar-refractivity contribution in [3.05, 3.63) is 41.3 Å². The molecule has 3 rings (SSSR count). The van der Waals surface area contributed by atoms with Gasteiger partial charge in [0.1, 0.15) is 18.0 Å². The first-order valence-corrected chi connectivity index (χ1v) is 12.5. The van der Waals surface area contributed by atoms with Gasteiger partial charge >= 0.3 is 5.97 Å². The van der Waals surface area contributed by atoms with Gasteiger partial charge in [-0.3, -0.25) is 20.0 Å². The summed E-state index contributed by atoms with van der Waals surface area (Å²) >= 11 is 0. The summed E-state index contributed by atoms with van der Waals surface area (Å²) in [5.74, 6) is -0.403. The normalized spacial score (nSPS) is 21.0. The summed E-state index contributed by atoms with van der Waals surface area (Å²) in [6.45, 7) is 3.56. The summed E-state index contributed by atoms with van der Waals surface area (Å²) in [6, 6.07) is 7.99. The molecule has 0 spiro atoms. The highest BCUT2D eigenvalue weighted by molar-refractivity contribution is 6.24. The number of nitrogens with one attached hydrogen (secondary N) is 1. The fraction of sp³-hybridized carbons (Fsp3) is 0.577. The van der Waals surface area contributed by atoms with Crippen LogP contribution >= 0.6 is 0 Å². The summed E-state index contributed by atoms with van der Waals surface area (Å²) in [6.07, 6.45) is 6.11. The van der Waals surface area contributed by atoms with Crippen LogP contribution in [0.4, 0.5) is 5.69 Å². The van der Waals surface area contributed by atoms with Gasteiger partial charge in [-0.25, -0.2) is 5.01 Å². The number of nitrogens with zero attached hydrogens (tertiary/aromatic N) is 3. The fourth-order valence-electron chi connectivity index (χ4n) is 4.93. The summed E-state index contributed by atoms with van der Waals surface area (Å²) in [5.41, 5.74) is 7.89. The summed E-state index contributed by atoms with van der Waals surface area (Å²) in [4.78, 5) is 26.1. The number of hydrogen-bond acceptors (Lipinski definition) is 6. The molecule has 1 aliphatic heterocycles. The van der Waals surface area contributed by atoms with Crippen molar-refractivity contribution in [3.8, 4) is 0 Å². The van der Waals surface area contributed by atoms with Gasteiger partial charge in [-0.2, -0.15) is 0 Å². The number of benzene rings is 1. The molecule has 0 unspecified atom stereocenters. The molecule has 1 aromatic rings. The Kier molecular flexibility index (Phi) is 9.14. The number of unbranched alkanes of at least 4 members (excludes halogenated alkanes) is 1. The average Bonchev–Trinajstić information content (AvgIpc) is 3.01. The molecule has 0 radical (unpaired) electrons. The Bertz CT molecular complexity index is 938. The first-order valence-electron chi connectivity index (χ1n) is 12.5. The number of carbonyl (C=O) groups excluding carboxylic acids is 1. The smallest absolute Gasteiger partial charge is 0.303 e. The van der Waals surface area contributed by atoms with Crippen molar-refractivity contribution in [3.63, 3.8) is 0 Å². The third-order valence-corrected chi connectivity index (χ3v) is 7.12. The lowest BCUT2D eigenvalue weighted by Crippen LogP contribution is -2.41. The molecule has 192 valence electrons. The number of amides is 1. The Hall–Kier alpha value is -3.07. The topological polar surface area (TPSA) is 123 Å². The van der Waals surface area contributed by atoms with Gasteiger partial charge in [-0.05, 0) is 61.6 Å². The van der Waals surface area contributed by atoms with E-state index in [2.05, 4.69) is 19.1 Å². The number of hydrazine groups is 1. The molecule has 1 heterocycles. The van der Waals surface area contributed by atoms with E-state index in [1.165, 1.54) is 5.56 Å². The van der Waals surface area contributed by atoms with Crippen molar-refractivity contribution in [2.45, 2.75) is 57.8 Å². The highest BCUT2D eigenvalue weighted by Gasteiger charge is 2.32. The van der Waals surface area contributed by atoms with Crippen molar-refractivity contribution in [1.29, 1.82) is 5.41 Å². The second-order valence-corrected chi connectivity index (χ2v) is 9.56. The van der Waals surface area contributed by atoms with E-state index >= 15 is 0 Å². The third-order valence-electron chi connectivity index (χ3n) is 7.12. The van der Waals surface area contributed by atoms with Crippen molar-refractivity contribution < 1.29 is 19.4 Å². The van der Waals surface area contributed by atoms with Crippen LogP contribution in [0.1, 0.15) is 63.4 Å². The number of anilines is 1. The molecule has 0 saturated heterocycles. The van der Waals surface area contributed by atoms with E-state index in [1.807, 2.05) is 31.2 Å². The highest BCUT2D eigenvalue weighted by atomic mass is 16.5. The largest absolute Gasteiger partial charge is 0.481 e. The maximum Gasteiger partial charge on any atom is 0.303 e. The highest BCUT2D eigenvalue weighted by Crippen LogP contribution is 2.37. The number of rotatable bonds is 10. The lowest BCUT2D eigenvalue weighted by molar-refractivity contribution is -0.138. The molecule has 1 saturated carbocycles. The van der Waals surface area contributed by atoms with Crippen LogP contribution in [0.5, 0.6) is 0 Å². The van der Waals surface area contributed by atoms with E-state index in [-0.39, 0.29) is 29.7 Å². The average molecular weight is 486 g/mol. The van der Waals surface area contributed by atoms with E-state index < -0.39 is 5.97 Å². The Labute approximate surface area is 208 Å². The van der Waals surface area contributed by atoms with Crippen LogP contribution in [0.25, 0.3) is 0 Å². The maximum absolute atomic E-state index is 13.5. The van der Waals surface area contributed by atoms with Gasteiger partial charge in [0.15, 0.2) is 0 Å². The minimum atomic E-state index is -0.718. The van der Waals surface area contributed by atoms with Crippen molar-refractivity contribution >= 4 is 23.4 Å². The fourth-order valence-corrected chi connectivity index (χ4v) is 4.93.